The second-order valence-corrected chi connectivity index (χ2v) is 28.1. The predicted octanol–water partition coefficient (Wildman–Crippen LogP) is 6.21. The van der Waals surface area contributed by atoms with Gasteiger partial charge in [-0.25, -0.2) is 17.7 Å². The normalized spacial score (nSPS) is 9.00. The monoisotopic (exact) mass is 404 g/mol. The van der Waals surface area contributed by atoms with Crippen LogP contribution in [0.1, 0.15) is 22.3 Å². The SMILES string of the molecule is C[Si](C)=[Zr]([Cl])[Cl].Cc1cc(C)c(C)[cH-]1.Cc1cc[cH-]c1. The molecule has 0 heterocycles. The Morgan fingerprint density at radius 1 is 1.10 bits per heavy atom. The van der Waals surface area contributed by atoms with Gasteiger partial charge in [-0.1, -0.05) is 27.7 Å². The van der Waals surface area contributed by atoms with E-state index >= 15 is 0 Å². The molecule has 0 radical (unpaired) electrons. The minimum Gasteiger partial charge on any atom is -0.211 e. The molecule has 0 amide bonds. The molecule has 0 aliphatic heterocycles. The molecule has 0 bridgehead atoms. The van der Waals surface area contributed by atoms with E-state index in [4.69, 9.17) is 17.0 Å². The number of hydrogen-bond acceptors (Lipinski definition) is 0. The molecule has 0 fully saturated rings. The Morgan fingerprint density at radius 2 is 1.65 bits per heavy atom. The zero-order valence-corrected chi connectivity index (χ0v) is 18.2. The van der Waals surface area contributed by atoms with E-state index in [1.807, 2.05) is 12.1 Å². The van der Waals surface area contributed by atoms with Crippen molar-refractivity contribution in [1.82, 2.24) is 0 Å². The molecule has 0 N–H and O–H groups in total. The van der Waals surface area contributed by atoms with Gasteiger partial charge < -0.3 is 0 Å². The second kappa shape index (κ2) is 11.0. The van der Waals surface area contributed by atoms with Gasteiger partial charge in [-0.3, -0.25) is 0 Å². The fourth-order valence-corrected chi connectivity index (χ4v) is 1.42. The Bertz CT molecular complexity index is 487. The van der Waals surface area contributed by atoms with Crippen molar-refractivity contribution >= 4 is 22.5 Å². The van der Waals surface area contributed by atoms with Gasteiger partial charge in [-0.05, 0) is 0 Å². The maximum atomic E-state index is 5.62. The molecule has 2 aromatic rings. The van der Waals surface area contributed by atoms with E-state index in [-0.39, 0.29) is 5.43 Å². The fourth-order valence-electron chi connectivity index (χ4n) is 1.42. The summed E-state index contributed by atoms with van der Waals surface area (Å²) in [5.74, 6) is 0. The third-order valence-corrected chi connectivity index (χ3v) is 22.5. The van der Waals surface area contributed by atoms with E-state index in [0.717, 1.165) is 0 Å². The zero-order chi connectivity index (χ0) is 15.7. The van der Waals surface area contributed by atoms with Gasteiger partial charge in [-0.15, -0.1) is 0 Å². The number of aryl methyl sites for hydroxylation is 4. The van der Waals surface area contributed by atoms with Crippen molar-refractivity contribution in [2.24, 2.45) is 0 Å². The van der Waals surface area contributed by atoms with Crippen LogP contribution in [-0.4, -0.2) is 5.43 Å². The Hall–Kier alpha value is 0.380. The van der Waals surface area contributed by atoms with Crippen LogP contribution in [0.3, 0.4) is 0 Å². The number of halogens is 2. The van der Waals surface area contributed by atoms with Gasteiger partial charge in [0.25, 0.3) is 0 Å². The first-order valence-corrected chi connectivity index (χ1v) is 19.1. The first-order valence-electron chi connectivity index (χ1n) is 6.61. The van der Waals surface area contributed by atoms with Gasteiger partial charge in [0.15, 0.2) is 0 Å². The van der Waals surface area contributed by atoms with Crippen molar-refractivity contribution in [2.45, 2.75) is 40.8 Å². The van der Waals surface area contributed by atoms with E-state index < -0.39 is 18.0 Å². The van der Waals surface area contributed by atoms with E-state index in [9.17, 15) is 0 Å². The molecule has 2 rings (SSSR count). The minimum atomic E-state index is -1.65. The Labute approximate surface area is 139 Å². The summed E-state index contributed by atoms with van der Waals surface area (Å²) in [4.78, 5) is 0. The summed E-state index contributed by atoms with van der Waals surface area (Å²) in [7, 11) is 11.2. The standard InChI is InChI=1S/C8H11.C6H7.C2H6Si.2ClH.Zr/c1-6-4-7(2)8(3)5-6;1-6-4-2-3-5-6;1-3-2;;;/h4-5H,1-3H3;2-5H,1H3;1-2H3;2*1H;/q2*-1;;;;+2/p-2. The summed E-state index contributed by atoms with van der Waals surface area (Å²) in [6.07, 6.45) is 0. The molecule has 0 aliphatic rings. The van der Waals surface area contributed by atoms with Gasteiger partial charge in [0.05, 0.1) is 0 Å². The van der Waals surface area contributed by atoms with Crippen LogP contribution in [0.4, 0.5) is 0 Å². The van der Waals surface area contributed by atoms with Crippen LogP contribution in [0, 0.1) is 27.7 Å². The fraction of sp³-hybridized carbons (Fsp3) is 0.375. The maximum absolute atomic E-state index is 5.62. The van der Waals surface area contributed by atoms with Crippen molar-refractivity contribution < 1.29 is 18.0 Å². The quantitative estimate of drug-likeness (QED) is 0.360. The van der Waals surface area contributed by atoms with Gasteiger partial charge in [0.2, 0.25) is 0 Å². The molecular weight excluding hydrogens is 382 g/mol. The Kier molecular flexibility index (Phi) is 11.2. The minimum absolute atomic E-state index is 0.224. The first-order chi connectivity index (χ1) is 9.23. The molecule has 4 heteroatoms. The van der Waals surface area contributed by atoms with Crippen molar-refractivity contribution in [2.75, 3.05) is 0 Å². The van der Waals surface area contributed by atoms with Gasteiger partial charge in [0.1, 0.15) is 0 Å². The zero-order valence-electron chi connectivity index (χ0n) is 13.2. The largest absolute Gasteiger partial charge is 0.211 e. The summed E-state index contributed by atoms with van der Waals surface area (Å²) in [5.41, 5.74) is 5.30. The second-order valence-electron chi connectivity index (χ2n) is 5.12. The van der Waals surface area contributed by atoms with Crippen molar-refractivity contribution in [3.8, 4) is 0 Å². The molecule has 112 valence electrons. The van der Waals surface area contributed by atoms with Crippen LogP contribution < -0.4 is 0 Å². The molecule has 0 unspecified atom stereocenters. The smallest absolute Gasteiger partial charge is 0.0632 e. The summed E-state index contributed by atoms with van der Waals surface area (Å²) in [5, 5.41) is 0. The Balaban J connectivity index is 0.000000276. The predicted molar refractivity (Wildman–Crippen MR) is 92.2 cm³/mol. The van der Waals surface area contributed by atoms with Gasteiger partial charge in [0, 0.05) is 0 Å². The Morgan fingerprint density at radius 3 is 1.75 bits per heavy atom. The molecule has 0 atom stereocenters. The first kappa shape index (κ1) is 20.4. The summed E-state index contributed by atoms with van der Waals surface area (Å²) in [6.45, 7) is 12.8. The number of hydrogen-bond donors (Lipinski definition) is 0. The average molecular weight is 407 g/mol. The molecule has 0 aliphatic carbocycles. The molecule has 0 nitrogen and oxygen atoms in total. The van der Waals surface area contributed by atoms with Crippen LogP contribution >= 0.6 is 17.0 Å². The molecule has 0 saturated carbocycles. The van der Waals surface area contributed by atoms with Crippen molar-refractivity contribution in [3.63, 3.8) is 0 Å². The molecule has 0 spiro atoms. The van der Waals surface area contributed by atoms with E-state index in [1.165, 1.54) is 22.3 Å². The van der Waals surface area contributed by atoms with Gasteiger partial charge >= 0.3 is 53.5 Å². The van der Waals surface area contributed by atoms with E-state index in [0.29, 0.717) is 0 Å². The number of rotatable bonds is 0. The molecule has 20 heavy (non-hydrogen) atoms. The molecule has 0 aromatic heterocycles. The van der Waals surface area contributed by atoms with Crippen molar-refractivity contribution in [1.29, 1.82) is 0 Å². The molecule has 0 saturated heterocycles. The summed E-state index contributed by atoms with van der Waals surface area (Å²) >= 11 is -1.65. The molecule has 2 aromatic carbocycles. The molecular formula is C16H24Cl2SiZr-2. The van der Waals surface area contributed by atoms with E-state index in [1.54, 1.807) is 0 Å². The van der Waals surface area contributed by atoms with Crippen LogP contribution in [0.5, 0.6) is 0 Å². The van der Waals surface area contributed by atoms with E-state index in [2.05, 4.69) is 65.1 Å². The van der Waals surface area contributed by atoms with Crippen LogP contribution in [0.25, 0.3) is 0 Å². The summed E-state index contributed by atoms with van der Waals surface area (Å²) < 4.78 is 0. The van der Waals surface area contributed by atoms with Gasteiger partial charge in [-0.2, -0.15) is 41.0 Å². The third kappa shape index (κ3) is 10.2. The summed E-state index contributed by atoms with van der Waals surface area (Å²) in [6, 6.07) is 12.6. The van der Waals surface area contributed by atoms with Crippen LogP contribution in [0.15, 0.2) is 36.4 Å². The maximum Gasteiger partial charge on any atom is -0.0632 e. The van der Waals surface area contributed by atoms with Crippen LogP contribution in [0.2, 0.25) is 13.1 Å². The third-order valence-electron chi connectivity index (χ3n) is 2.72. The van der Waals surface area contributed by atoms with Crippen LogP contribution in [-0.2, 0) is 18.0 Å². The topological polar surface area (TPSA) is 0 Å². The average Bonchev–Trinajstić information content (AvgIpc) is 2.91. The van der Waals surface area contributed by atoms with Crippen molar-refractivity contribution in [3.05, 3.63) is 58.7 Å².